The van der Waals surface area contributed by atoms with Crippen molar-refractivity contribution < 1.29 is 9.90 Å². The van der Waals surface area contributed by atoms with Gasteiger partial charge in [0.05, 0.1) is 0 Å². The van der Waals surface area contributed by atoms with Crippen molar-refractivity contribution in [1.29, 1.82) is 0 Å². The van der Waals surface area contributed by atoms with E-state index in [0.29, 0.717) is 12.3 Å². The van der Waals surface area contributed by atoms with Gasteiger partial charge in [0.2, 0.25) is 0 Å². The Hall–Kier alpha value is -0.830. The first-order valence-electron chi connectivity index (χ1n) is 5.15. The molecule has 2 N–H and O–H groups in total. The zero-order chi connectivity index (χ0) is 11.0. The molecule has 0 amide bonds. The number of carboxylic acid groups (broad SMARTS) is 1. The van der Waals surface area contributed by atoms with Gasteiger partial charge in [0, 0.05) is 0 Å². The molecule has 0 aromatic rings. The van der Waals surface area contributed by atoms with Crippen LogP contribution in [-0.4, -0.2) is 23.7 Å². The molecule has 0 aromatic carbocycles. The molecule has 0 saturated carbocycles. The van der Waals surface area contributed by atoms with Gasteiger partial charge in [-0.2, -0.15) is 0 Å². The third-order valence-electron chi connectivity index (χ3n) is 1.98. The molecule has 3 nitrogen and oxygen atoms in total. The van der Waals surface area contributed by atoms with Crippen LogP contribution in [0.1, 0.15) is 33.1 Å². The monoisotopic (exact) mass is 199 g/mol. The number of hydrogen-bond acceptors (Lipinski definition) is 2. The van der Waals surface area contributed by atoms with Crippen LogP contribution in [0, 0.1) is 5.92 Å². The van der Waals surface area contributed by atoms with E-state index >= 15 is 0 Å². The second kappa shape index (κ2) is 7.56. The molecule has 14 heavy (non-hydrogen) atoms. The fourth-order valence-electron chi connectivity index (χ4n) is 1.27. The van der Waals surface area contributed by atoms with E-state index in [9.17, 15) is 4.79 Å². The van der Waals surface area contributed by atoms with Crippen molar-refractivity contribution in [3.05, 3.63) is 12.7 Å². The first-order valence-corrected chi connectivity index (χ1v) is 5.15. The molecule has 1 unspecified atom stereocenters. The summed E-state index contributed by atoms with van der Waals surface area (Å²) in [5.74, 6) is -0.347. The van der Waals surface area contributed by atoms with Gasteiger partial charge in [0.1, 0.15) is 6.04 Å². The number of rotatable bonds is 8. The van der Waals surface area contributed by atoms with Crippen LogP contribution in [0.15, 0.2) is 12.7 Å². The Morgan fingerprint density at radius 1 is 1.57 bits per heavy atom. The number of nitrogens with one attached hydrogen (secondary N) is 1. The molecule has 3 heteroatoms. The fraction of sp³-hybridized carbons (Fsp3) is 0.727. The Labute approximate surface area is 86.2 Å². The molecule has 0 spiro atoms. The Bertz CT molecular complexity index is 178. The van der Waals surface area contributed by atoms with Gasteiger partial charge >= 0.3 is 5.97 Å². The fourth-order valence-corrected chi connectivity index (χ4v) is 1.27. The average Bonchev–Trinajstić information content (AvgIpc) is 2.09. The van der Waals surface area contributed by atoms with Crippen molar-refractivity contribution in [2.45, 2.75) is 39.2 Å². The molecule has 0 aliphatic carbocycles. The quantitative estimate of drug-likeness (QED) is 0.464. The highest BCUT2D eigenvalue weighted by Gasteiger charge is 2.17. The highest BCUT2D eigenvalue weighted by molar-refractivity contribution is 5.73. The van der Waals surface area contributed by atoms with Crippen molar-refractivity contribution in [3.63, 3.8) is 0 Å². The molecule has 0 aliphatic rings. The third kappa shape index (κ3) is 6.66. The van der Waals surface area contributed by atoms with Crippen LogP contribution in [0.25, 0.3) is 0 Å². The highest BCUT2D eigenvalue weighted by Crippen LogP contribution is 2.04. The summed E-state index contributed by atoms with van der Waals surface area (Å²) in [7, 11) is 0. The Kier molecular flexibility index (Phi) is 7.11. The zero-order valence-electron chi connectivity index (χ0n) is 9.12. The van der Waals surface area contributed by atoms with E-state index in [1.807, 2.05) is 19.9 Å². The smallest absolute Gasteiger partial charge is 0.320 e. The Balaban J connectivity index is 3.73. The average molecular weight is 199 g/mol. The van der Waals surface area contributed by atoms with E-state index in [1.165, 1.54) is 0 Å². The van der Waals surface area contributed by atoms with Gasteiger partial charge in [-0.05, 0) is 31.7 Å². The van der Waals surface area contributed by atoms with Crippen molar-refractivity contribution in [3.8, 4) is 0 Å². The van der Waals surface area contributed by atoms with Crippen molar-refractivity contribution in [1.82, 2.24) is 5.32 Å². The molecule has 0 rings (SSSR count). The summed E-state index contributed by atoms with van der Waals surface area (Å²) >= 11 is 0. The van der Waals surface area contributed by atoms with E-state index in [-0.39, 0.29) is 0 Å². The van der Waals surface area contributed by atoms with Crippen LogP contribution in [0.4, 0.5) is 0 Å². The minimum absolute atomic E-state index is 0.403. The maximum absolute atomic E-state index is 10.8. The highest BCUT2D eigenvalue weighted by atomic mass is 16.4. The third-order valence-corrected chi connectivity index (χ3v) is 1.98. The lowest BCUT2D eigenvalue weighted by atomic mass is 10.0. The number of aliphatic carboxylic acids is 1. The molecular weight excluding hydrogens is 178 g/mol. The van der Waals surface area contributed by atoms with Crippen molar-refractivity contribution in [2.75, 3.05) is 6.54 Å². The maximum Gasteiger partial charge on any atom is 0.320 e. The summed E-state index contributed by atoms with van der Waals surface area (Å²) < 4.78 is 0. The topological polar surface area (TPSA) is 49.3 Å². The van der Waals surface area contributed by atoms with E-state index in [2.05, 4.69) is 11.9 Å². The second-order valence-corrected chi connectivity index (χ2v) is 3.91. The molecule has 1 atom stereocenters. The molecule has 0 aliphatic heterocycles. The van der Waals surface area contributed by atoms with E-state index in [1.54, 1.807) is 0 Å². The lowest BCUT2D eigenvalue weighted by molar-refractivity contribution is -0.139. The molecule has 0 aromatic heterocycles. The summed E-state index contributed by atoms with van der Waals surface area (Å²) in [5, 5.41) is 11.9. The standard InChI is InChI=1S/C11H21NO2/c1-4-5-6-7-12-10(11(13)14)8-9(2)3/h4,9-10,12H,1,5-8H2,2-3H3,(H,13,14). The number of hydrogen-bond donors (Lipinski definition) is 2. The van der Waals surface area contributed by atoms with Gasteiger partial charge in [-0.25, -0.2) is 0 Å². The molecule has 82 valence electrons. The van der Waals surface area contributed by atoms with Gasteiger partial charge in [-0.15, -0.1) is 6.58 Å². The first kappa shape index (κ1) is 13.2. The van der Waals surface area contributed by atoms with Gasteiger partial charge in [-0.1, -0.05) is 19.9 Å². The van der Waals surface area contributed by atoms with Crippen LogP contribution in [-0.2, 0) is 4.79 Å². The van der Waals surface area contributed by atoms with Gasteiger partial charge < -0.3 is 10.4 Å². The van der Waals surface area contributed by atoms with Crippen molar-refractivity contribution >= 4 is 5.97 Å². The summed E-state index contributed by atoms with van der Waals surface area (Å²) in [6, 6.07) is -0.403. The molecule has 0 heterocycles. The molecule has 0 radical (unpaired) electrons. The SMILES string of the molecule is C=CCCCNC(CC(C)C)C(=O)O. The van der Waals surface area contributed by atoms with Crippen LogP contribution in [0.5, 0.6) is 0 Å². The van der Waals surface area contributed by atoms with Gasteiger partial charge in [0.15, 0.2) is 0 Å². The van der Waals surface area contributed by atoms with E-state index in [4.69, 9.17) is 5.11 Å². The zero-order valence-corrected chi connectivity index (χ0v) is 9.12. The summed E-state index contributed by atoms with van der Waals surface area (Å²) in [5.41, 5.74) is 0. The largest absolute Gasteiger partial charge is 0.480 e. The summed E-state index contributed by atoms with van der Waals surface area (Å²) in [6.07, 6.45) is 4.41. The maximum atomic E-state index is 10.8. The summed E-state index contributed by atoms with van der Waals surface area (Å²) in [6.45, 7) is 8.42. The first-order chi connectivity index (χ1) is 6.57. The number of carbonyl (C=O) groups is 1. The summed E-state index contributed by atoms with van der Waals surface area (Å²) in [4.78, 5) is 10.8. The van der Waals surface area contributed by atoms with Gasteiger partial charge in [-0.3, -0.25) is 4.79 Å². The van der Waals surface area contributed by atoms with Crippen LogP contribution >= 0.6 is 0 Å². The van der Waals surface area contributed by atoms with Gasteiger partial charge in [0.25, 0.3) is 0 Å². The predicted molar refractivity (Wildman–Crippen MR) is 58.3 cm³/mol. The van der Waals surface area contributed by atoms with Crippen LogP contribution in [0.3, 0.4) is 0 Å². The van der Waals surface area contributed by atoms with Crippen LogP contribution < -0.4 is 5.32 Å². The number of allylic oxidation sites excluding steroid dienone is 1. The van der Waals surface area contributed by atoms with Crippen molar-refractivity contribution in [2.24, 2.45) is 5.92 Å². The molecule has 0 saturated heterocycles. The van der Waals surface area contributed by atoms with E-state index in [0.717, 1.165) is 19.4 Å². The normalized spacial score (nSPS) is 12.8. The molecule has 0 bridgehead atoms. The van der Waals surface area contributed by atoms with E-state index < -0.39 is 12.0 Å². The lowest BCUT2D eigenvalue weighted by Crippen LogP contribution is -2.38. The molecule has 0 fully saturated rings. The second-order valence-electron chi connectivity index (χ2n) is 3.91. The molecular formula is C11H21NO2. The Morgan fingerprint density at radius 2 is 2.21 bits per heavy atom. The lowest BCUT2D eigenvalue weighted by Gasteiger charge is -2.15. The Morgan fingerprint density at radius 3 is 2.64 bits per heavy atom. The number of unbranched alkanes of at least 4 members (excludes halogenated alkanes) is 1. The van der Waals surface area contributed by atoms with Crippen LogP contribution in [0.2, 0.25) is 0 Å². The minimum Gasteiger partial charge on any atom is -0.480 e. The predicted octanol–water partition coefficient (Wildman–Crippen LogP) is 2.04. The minimum atomic E-state index is -0.752. The number of carboxylic acids is 1.